The van der Waals surface area contributed by atoms with Crippen LogP contribution < -0.4 is 0 Å². The van der Waals surface area contributed by atoms with Crippen LogP contribution in [0, 0.1) is 0 Å². The van der Waals surface area contributed by atoms with Gasteiger partial charge in [0.05, 0.1) is 5.70 Å². The van der Waals surface area contributed by atoms with E-state index in [1.54, 1.807) is 0 Å². The van der Waals surface area contributed by atoms with Crippen molar-refractivity contribution in [2.45, 2.75) is 45.4 Å². The Hall–Kier alpha value is -6.31. The minimum Gasteiger partial charge on any atom is -0.252 e. The van der Waals surface area contributed by atoms with E-state index in [-0.39, 0.29) is 5.41 Å². The van der Waals surface area contributed by atoms with Crippen LogP contribution in [0.2, 0.25) is 0 Å². The van der Waals surface area contributed by atoms with Crippen molar-refractivity contribution in [3.63, 3.8) is 0 Å². The minimum atomic E-state index is -0.0267. The number of hydrogen-bond acceptors (Lipinski definition) is 1. The molecular weight excluding hydrogens is 663 g/mol. The summed E-state index contributed by atoms with van der Waals surface area (Å²) in [7, 11) is 0. The maximum atomic E-state index is 5.66. The van der Waals surface area contributed by atoms with Crippen LogP contribution in [0.25, 0.3) is 65.8 Å². The highest BCUT2D eigenvalue weighted by atomic mass is 14.8. The van der Waals surface area contributed by atoms with Crippen molar-refractivity contribution in [3.8, 4) is 22.3 Å². The fourth-order valence-corrected chi connectivity index (χ4v) is 9.49. The van der Waals surface area contributed by atoms with Crippen molar-refractivity contribution in [2.24, 2.45) is 4.99 Å². The zero-order chi connectivity index (χ0) is 37.1. The van der Waals surface area contributed by atoms with Gasteiger partial charge in [-0.1, -0.05) is 179 Å². The zero-order valence-corrected chi connectivity index (χ0v) is 31.7. The second kappa shape index (κ2) is 13.2. The highest BCUT2D eigenvalue weighted by molar-refractivity contribution is 6.29. The molecule has 0 fully saturated rings. The summed E-state index contributed by atoms with van der Waals surface area (Å²) in [6.45, 7) is 6.97. The molecule has 1 heteroatoms. The van der Waals surface area contributed by atoms with Gasteiger partial charge in [0.25, 0.3) is 0 Å². The van der Waals surface area contributed by atoms with Crippen LogP contribution in [-0.4, -0.2) is 5.71 Å². The van der Waals surface area contributed by atoms with Gasteiger partial charge >= 0.3 is 0 Å². The van der Waals surface area contributed by atoms with Gasteiger partial charge in [-0.05, 0) is 119 Å². The summed E-state index contributed by atoms with van der Waals surface area (Å²) in [4.78, 5) is 5.66. The van der Waals surface area contributed by atoms with E-state index in [2.05, 4.69) is 191 Å². The van der Waals surface area contributed by atoms with E-state index >= 15 is 0 Å². The molecule has 55 heavy (non-hydrogen) atoms. The van der Waals surface area contributed by atoms with Crippen molar-refractivity contribution in [2.75, 3.05) is 0 Å². The second-order valence-corrected chi connectivity index (χ2v) is 15.6. The SMILES string of the molecule is CCC1=C(c2ccccc2)/N=C(/c2ccc3c4ccccc4c4cccc(-c5ccc6c(c5)-c5ccccc5C6(C)C)c4c3c2)CC/C=C\1c1ccccc1. The van der Waals surface area contributed by atoms with Crippen molar-refractivity contribution in [3.05, 3.63) is 203 Å². The summed E-state index contributed by atoms with van der Waals surface area (Å²) in [6.07, 6.45) is 5.11. The average molecular weight is 706 g/mol. The standard InChI is InChI=1S/C54H43N/c1-4-39-40(35-17-7-5-8-18-35)24-16-28-51(55-53(39)36-19-9-6-10-20-36)38-29-31-44-42-21-11-12-22-43(42)46-26-15-25-41(52(46)48(44)34-38)37-30-32-50-47(33-37)45-23-13-14-27-49(45)54(50,2)3/h5-15,17-27,29-34H,4,16,28H2,1-3H3/b40-24-,53-39-,55-51+. The van der Waals surface area contributed by atoms with Crippen LogP contribution in [-0.2, 0) is 5.41 Å². The number of allylic oxidation sites excluding steroid dienone is 3. The Bertz CT molecular complexity index is 2900. The van der Waals surface area contributed by atoms with Crippen molar-refractivity contribution >= 4 is 49.3 Å². The number of fused-ring (bicyclic) bond motifs is 9. The highest BCUT2D eigenvalue weighted by Crippen LogP contribution is 2.50. The lowest BCUT2D eigenvalue weighted by Gasteiger charge is -2.21. The van der Waals surface area contributed by atoms with Gasteiger partial charge in [0.15, 0.2) is 0 Å². The van der Waals surface area contributed by atoms with Crippen LogP contribution in [0.15, 0.2) is 180 Å². The van der Waals surface area contributed by atoms with Gasteiger partial charge in [0, 0.05) is 16.7 Å². The minimum absolute atomic E-state index is 0.0267. The maximum absolute atomic E-state index is 5.66. The first-order valence-corrected chi connectivity index (χ1v) is 19.8. The first kappa shape index (κ1) is 33.3. The number of aliphatic imine (C=N–C) groups is 1. The Labute approximate surface area is 324 Å². The van der Waals surface area contributed by atoms with E-state index in [1.165, 1.54) is 88.0 Å². The fraction of sp³-hybridized carbons (Fsp3) is 0.130. The van der Waals surface area contributed by atoms with Gasteiger partial charge < -0.3 is 0 Å². The molecule has 264 valence electrons. The first-order valence-electron chi connectivity index (χ1n) is 19.8. The van der Waals surface area contributed by atoms with E-state index in [1.807, 2.05) is 0 Å². The van der Waals surface area contributed by atoms with Crippen LogP contribution >= 0.6 is 0 Å². The third kappa shape index (κ3) is 5.41. The van der Waals surface area contributed by atoms with E-state index in [0.717, 1.165) is 36.2 Å². The van der Waals surface area contributed by atoms with Crippen LogP contribution in [0.5, 0.6) is 0 Å². The Morgan fingerprint density at radius 3 is 1.89 bits per heavy atom. The summed E-state index contributed by atoms with van der Waals surface area (Å²) in [5, 5.41) is 7.70. The summed E-state index contributed by atoms with van der Waals surface area (Å²) in [5.41, 5.74) is 16.4. The molecule has 8 aromatic rings. The molecule has 0 atom stereocenters. The average Bonchev–Trinajstić information content (AvgIpc) is 3.46. The monoisotopic (exact) mass is 705 g/mol. The smallest absolute Gasteiger partial charge is 0.0743 e. The molecule has 0 saturated carbocycles. The molecule has 1 nitrogen and oxygen atoms in total. The van der Waals surface area contributed by atoms with Gasteiger partial charge in [0.1, 0.15) is 0 Å². The molecule has 0 bridgehead atoms. The number of rotatable bonds is 5. The molecule has 1 aliphatic carbocycles. The number of nitrogens with zero attached hydrogens (tertiary/aromatic N) is 1. The van der Waals surface area contributed by atoms with Crippen LogP contribution in [0.3, 0.4) is 0 Å². The Morgan fingerprint density at radius 2 is 1.11 bits per heavy atom. The highest BCUT2D eigenvalue weighted by Gasteiger charge is 2.35. The van der Waals surface area contributed by atoms with Gasteiger partial charge in [-0.25, -0.2) is 0 Å². The molecule has 0 saturated heterocycles. The predicted octanol–water partition coefficient (Wildman–Crippen LogP) is 14.6. The Morgan fingerprint density at radius 1 is 0.491 bits per heavy atom. The summed E-state index contributed by atoms with van der Waals surface area (Å²) in [5.74, 6) is 0. The van der Waals surface area contributed by atoms with Crippen molar-refractivity contribution in [1.82, 2.24) is 0 Å². The number of hydrogen-bond donors (Lipinski definition) is 0. The zero-order valence-electron chi connectivity index (χ0n) is 31.7. The maximum Gasteiger partial charge on any atom is 0.0743 e. The van der Waals surface area contributed by atoms with Crippen molar-refractivity contribution < 1.29 is 0 Å². The molecule has 1 heterocycles. The lowest BCUT2D eigenvalue weighted by Crippen LogP contribution is -2.14. The Kier molecular flexibility index (Phi) is 8.00. The van der Waals surface area contributed by atoms with Crippen LogP contribution in [0.1, 0.15) is 67.9 Å². The van der Waals surface area contributed by atoms with Gasteiger partial charge in [-0.15, -0.1) is 0 Å². The van der Waals surface area contributed by atoms with Crippen LogP contribution in [0.4, 0.5) is 0 Å². The van der Waals surface area contributed by atoms with E-state index in [0.29, 0.717) is 0 Å². The largest absolute Gasteiger partial charge is 0.252 e. The summed E-state index contributed by atoms with van der Waals surface area (Å²) in [6, 6.07) is 60.6. The molecule has 0 N–H and O–H groups in total. The molecule has 10 rings (SSSR count). The third-order valence-corrected chi connectivity index (χ3v) is 12.2. The molecule has 1 aliphatic heterocycles. The molecule has 0 amide bonds. The van der Waals surface area contributed by atoms with Crippen molar-refractivity contribution in [1.29, 1.82) is 0 Å². The lowest BCUT2D eigenvalue weighted by molar-refractivity contribution is 0.660. The molecule has 8 aromatic carbocycles. The molecule has 2 aliphatic rings. The van der Waals surface area contributed by atoms with E-state index in [9.17, 15) is 0 Å². The van der Waals surface area contributed by atoms with E-state index in [4.69, 9.17) is 4.99 Å². The third-order valence-electron chi connectivity index (χ3n) is 12.2. The Balaban J connectivity index is 1.21. The first-order chi connectivity index (χ1) is 27.0. The topological polar surface area (TPSA) is 12.4 Å². The molecule has 0 radical (unpaired) electrons. The van der Waals surface area contributed by atoms with Gasteiger partial charge in [-0.3, -0.25) is 4.99 Å². The summed E-state index contributed by atoms with van der Waals surface area (Å²) < 4.78 is 0. The summed E-state index contributed by atoms with van der Waals surface area (Å²) >= 11 is 0. The lowest BCUT2D eigenvalue weighted by atomic mass is 9.82. The normalized spacial score (nSPS) is 18.2. The van der Waals surface area contributed by atoms with Gasteiger partial charge in [0.2, 0.25) is 0 Å². The predicted molar refractivity (Wildman–Crippen MR) is 236 cm³/mol. The quantitative estimate of drug-likeness (QED) is 0.158. The second-order valence-electron chi connectivity index (χ2n) is 15.6. The molecule has 0 spiro atoms. The number of benzene rings is 8. The fourth-order valence-electron chi connectivity index (χ4n) is 9.49. The molecular formula is C54H43N. The van der Waals surface area contributed by atoms with E-state index < -0.39 is 0 Å². The van der Waals surface area contributed by atoms with Gasteiger partial charge in [-0.2, -0.15) is 0 Å². The molecule has 0 aromatic heterocycles. The molecule has 0 unspecified atom stereocenters.